The van der Waals surface area contributed by atoms with Crippen LogP contribution in [0.25, 0.3) is 0 Å². The molecule has 10 heavy (non-hydrogen) atoms. The second-order valence-electron chi connectivity index (χ2n) is 3.17. The van der Waals surface area contributed by atoms with Crippen molar-refractivity contribution in [1.29, 1.82) is 0 Å². The zero-order valence-corrected chi connectivity index (χ0v) is 6.75. The normalized spacial score (nSPS) is 11.3. The number of rotatable bonds is 3. The molecular weight excluding hydrogens is 134 g/mol. The quantitative estimate of drug-likeness (QED) is 0.573. The van der Waals surface area contributed by atoms with E-state index in [0.717, 1.165) is 18.9 Å². The highest BCUT2D eigenvalue weighted by molar-refractivity contribution is 4.94. The lowest BCUT2D eigenvalue weighted by molar-refractivity contribution is 0.366. The van der Waals surface area contributed by atoms with E-state index in [4.69, 9.17) is 0 Å². The maximum absolute atomic E-state index is 11.7. The van der Waals surface area contributed by atoms with Gasteiger partial charge in [-0.25, -0.2) is 0 Å². The first kappa shape index (κ1) is 9.60. The molecule has 0 heterocycles. The summed E-state index contributed by atoms with van der Waals surface area (Å²) in [7, 11) is 0. The van der Waals surface area contributed by atoms with Crippen molar-refractivity contribution in [2.45, 2.75) is 33.6 Å². The molecule has 0 aliphatic rings. The molecule has 0 fully saturated rings. The highest BCUT2D eigenvalue weighted by atomic mass is 19.3. The molecule has 0 amide bonds. The monoisotopic (exact) mass is 148 g/mol. The maximum Gasteiger partial charge on any atom is 0.266 e. The van der Waals surface area contributed by atoms with E-state index in [-0.39, 0.29) is 5.41 Å². The minimum atomic E-state index is -1.57. The molecule has 0 unspecified atom stereocenters. The van der Waals surface area contributed by atoms with Gasteiger partial charge >= 0.3 is 0 Å². The summed E-state index contributed by atoms with van der Waals surface area (Å²) < 4.78 is 23.4. The molecular formula is C8H14F2. The average molecular weight is 148 g/mol. The summed E-state index contributed by atoms with van der Waals surface area (Å²) in [6, 6.07) is 0. The molecule has 2 heteroatoms. The Morgan fingerprint density at radius 1 is 1.40 bits per heavy atom. The first-order valence-electron chi connectivity index (χ1n) is 3.52. The van der Waals surface area contributed by atoms with Crippen molar-refractivity contribution >= 4 is 0 Å². The molecule has 0 aromatic heterocycles. The van der Waals surface area contributed by atoms with Gasteiger partial charge in [-0.05, 0) is 17.9 Å². The van der Waals surface area contributed by atoms with Crippen LogP contribution in [0.5, 0.6) is 0 Å². The predicted molar refractivity (Wildman–Crippen MR) is 39.0 cm³/mol. The molecule has 0 aliphatic carbocycles. The van der Waals surface area contributed by atoms with E-state index in [2.05, 4.69) is 0 Å². The number of hydrogen-bond acceptors (Lipinski definition) is 0. The van der Waals surface area contributed by atoms with Crippen molar-refractivity contribution in [3.63, 3.8) is 0 Å². The Morgan fingerprint density at radius 3 is 2.20 bits per heavy atom. The van der Waals surface area contributed by atoms with Crippen LogP contribution in [-0.2, 0) is 0 Å². The van der Waals surface area contributed by atoms with E-state index in [9.17, 15) is 8.78 Å². The van der Waals surface area contributed by atoms with Crippen LogP contribution in [0.1, 0.15) is 33.6 Å². The Balaban J connectivity index is 3.98. The van der Waals surface area contributed by atoms with Crippen molar-refractivity contribution < 1.29 is 8.78 Å². The van der Waals surface area contributed by atoms with Gasteiger partial charge in [0.2, 0.25) is 0 Å². The molecule has 0 atom stereocenters. The first-order valence-corrected chi connectivity index (χ1v) is 3.52. The van der Waals surface area contributed by atoms with E-state index in [1.807, 2.05) is 20.8 Å². The van der Waals surface area contributed by atoms with Gasteiger partial charge in [-0.1, -0.05) is 27.2 Å². The average Bonchev–Trinajstić information content (AvgIpc) is 1.59. The van der Waals surface area contributed by atoms with Crippen LogP contribution >= 0.6 is 0 Å². The zero-order valence-electron chi connectivity index (χ0n) is 6.75. The fourth-order valence-corrected chi connectivity index (χ4v) is 1.01. The van der Waals surface area contributed by atoms with Crippen LogP contribution in [-0.4, -0.2) is 0 Å². The maximum atomic E-state index is 11.7. The van der Waals surface area contributed by atoms with Crippen molar-refractivity contribution in [3.05, 3.63) is 12.2 Å². The highest BCUT2D eigenvalue weighted by Gasteiger charge is 2.14. The van der Waals surface area contributed by atoms with Gasteiger partial charge in [-0.3, -0.25) is 0 Å². The third-order valence-corrected chi connectivity index (χ3v) is 1.39. The number of halogens is 2. The Bertz CT molecular complexity index is 121. The smallest absolute Gasteiger partial charge is 0.174 e. The third-order valence-electron chi connectivity index (χ3n) is 1.39. The lowest BCUT2D eigenvalue weighted by Crippen LogP contribution is -2.06. The number of hydrogen-bond donors (Lipinski definition) is 0. The van der Waals surface area contributed by atoms with Gasteiger partial charge < -0.3 is 0 Å². The van der Waals surface area contributed by atoms with E-state index in [1.54, 1.807) is 0 Å². The van der Waals surface area contributed by atoms with Gasteiger partial charge in [0.05, 0.1) is 0 Å². The van der Waals surface area contributed by atoms with E-state index in [1.165, 1.54) is 0 Å². The van der Waals surface area contributed by atoms with Gasteiger partial charge in [0, 0.05) is 0 Å². The van der Waals surface area contributed by atoms with Crippen molar-refractivity contribution in [2.75, 3.05) is 0 Å². The lowest BCUT2D eigenvalue weighted by Gasteiger charge is -2.17. The predicted octanol–water partition coefficient (Wildman–Crippen LogP) is 3.59. The molecule has 0 spiro atoms. The van der Waals surface area contributed by atoms with Gasteiger partial charge in [-0.15, -0.1) is 0 Å². The molecule has 60 valence electrons. The fourth-order valence-electron chi connectivity index (χ4n) is 1.01. The van der Waals surface area contributed by atoms with Crippen LogP contribution in [0.2, 0.25) is 0 Å². The molecule has 0 saturated carbocycles. The standard InChI is InChI=1S/C8H14F2/c1-4-5-8(2,3)6-7(9)10/h6H,4-5H2,1-3H3. The topological polar surface area (TPSA) is 0 Å². The second kappa shape index (κ2) is 3.69. The van der Waals surface area contributed by atoms with Gasteiger partial charge in [0.25, 0.3) is 6.08 Å². The SMILES string of the molecule is CCCC(C)(C)C=C(F)F. The molecule has 0 aromatic rings. The van der Waals surface area contributed by atoms with Crippen LogP contribution in [0.15, 0.2) is 12.2 Å². The van der Waals surface area contributed by atoms with Crippen LogP contribution in [0.3, 0.4) is 0 Å². The van der Waals surface area contributed by atoms with Crippen LogP contribution in [0.4, 0.5) is 8.78 Å². The fraction of sp³-hybridized carbons (Fsp3) is 0.750. The van der Waals surface area contributed by atoms with Gasteiger partial charge in [0.1, 0.15) is 0 Å². The summed E-state index contributed by atoms with van der Waals surface area (Å²) in [4.78, 5) is 0. The van der Waals surface area contributed by atoms with Crippen LogP contribution in [0, 0.1) is 5.41 Å². The Hall–Kier alpha value is -0.400. The Morgan fingerprint density at radius 2 is 1.90 bits per heavy atom. The second-order valence-corrected chi connectivity index (χ2v) is 3.17. The number of allylic oxidation sites excluding steroid dienone is 1. The molecule has 0 aromatic carbocycles. The lowest BCUT2D eigenvalue weighted by atomic mass is 9.88. The van der Waals surface area contributed by atoms with E-state index >= 15 is 0 Å². The third kappa shape index (κ3) is 4.48. The first-order chi connectivity index (χ1) is 4.48. The molecule has 0 nitrogen and oxygen atoms in total. The van der Waals surface area contributed by atoms with Crippen molar-refractivity contribution in [3.8, 4) is 0 Å². The van der Waals surface area contributed by atoms with E-state index < -0.39 is 6.08 Å². The van der Waals surface area contributed by atoms with Crippen LogP contribution < -0.4 is 0 Å². The molecule has 0 N–H and O–H groups in total. The van der Waals surface area contributed by atoms with Gasteiger partial charge in [0.15, 0.2) is 0 Å². The Labute approximate surface area is 60.9 Å². The largest absolute Gasteiger partial charge is 0.266 e. The molecule has 0 radical (unpaired) electrons. The van der Waals surface area contributed by atoms with E-state index in [0.29, 0.717) is 0 Å². The summed E-state index contributed by atoms with van der Waals surface area (Å²) in [5, 5.41) is 0. The molecule has 0 aliphatic heterocycles. The summed E-state index contributed by atoms with van der Waals surface area (Å²) in [6.07, 6.45) is 1.20. The molecule has 0 rings (SSSR count). The van der Waals surface area contributed by atoms with Crippen molar-refractivity contribution in [2.24, 2.45) is 5.41 Å². The highest BCUT2D eigenvalue weighted by Crippen LogP contribution is 2.25. The minimum Gasteiger partial charge on any atom is -0.174 e. The summed E-state index contributed by atoms with van der Waals surface area (Å²) in [6.45, 7) is 5.62. The zero-order chi connectivity index (χ0) is 8.20. The summed E-state index contributed by atoms with van der Waals surface area (Å²) in [5.74, 6) is 0. The van der Waals surface area contributed by atoms with Crippen molar-refractivity contribution in [1.82, 2.24) is 0 Å². The van der Waals surface area contributed by atoms with Gasteiger partial charge in [-0.2, -0.15) is 8.78 Å². The summed E-state index contributed by atoms with van der Waals surface area (Å²) in [5.41, 5.74) is -0.340. The molecule has 0 bridgehead atoms. The minimum absolute atomic E-state index is 0.340. The molecule has 0 saturated heterocycles. The Kier molecular flexibility index (Phi) is 3.54. The summed E-state index contributed by atoms with van der Waals surface area (Å²) >= 11 is 0.